The van der Waals surface area contributed by atoms with Crippen molar-refractivity contribution in [2.75, 3.05) is 0 Å². The average Bonchev–Trinajstić information content (AvgIpc) is 2.62. The molecule has 1 aromatic rings. The van der Waals surface area contributed by atoms with Gasteiger partial charge < -0.3 is 11.5 Å². The molecule has 8 heteroatoms. The third kappa shape index (κ3) is 3.45. The fourth-order valence-electron chi connectivity index (χ4n) is 1.11. The summed E-state index contributed by atoms with van der Waals surface area (Å²) < 4.78 is 37.8. The molecule has 0 aromatic carbocycles. The number of rotatable bonds is 4. The van der Waals surface area contributed by atoms with Crippen molar-refractivity contribution in [3.05, 3.63) is 18.0 Å². The van der Waals surface area contributed by atoms with Gasteiger partial charge in [0.1, 0.15) is 0 Å². The molecule has 0 aliphatic carbocycles. The van der Waals surface area contributed by atoms with E-state index in [9.17, 15) is 18.0 Å². The van der Waals surface area contributed by atoms with Crippen LogP contribution in [0.25, 0.3) is 0 Å². The van der Waals surface area contributed by atoms with Gasteiger partial charge >= 0.3 is 6.18 Å². The first-order chi connectivity index (χ1) is 7.63. The highest BCUT2D eigenvalue weighted by Gasteiger charge is 2.33. The van der Waals surface area contributed by atoms with Crippen molar-refractivity contribution in [3.63, 3.8) is 0 Å². The maximum atomic E-state index is 12.2. The Hall–Kier alpha value is -1.57. The summed E-state index contributed by atoms with van der Waals surface area (Å²) in [7, 11) is 0. The highest BCUT2D eigenvalue weighted by Crippen LogP contribution is 2.27. The van der Waals surface area contributed by atoms with Gasteiger partial charge in [-0.15, -0.1) is 0 Å². The summed E-state index contributed by atoms with van der Waals surface area (Å²) in [6.45, 7) is 1.51. The highest BCUT2D eigenvalue weighted by atomic mass is 19.4. The number of halogens is 3. The number of primary amides is 1. The van der Waals surface area contributed by atoms with Gasteiger partial charge in [0.25, 0.3) is 0 Å². The van der Waals surface area contributed by atoms with Crippen LogP contribution in [0.3, 0.4) is 0 Å². The third-order valence-corrected chi connectivity index (χ3v) is 2.35. The summed E-state index contributed by atoms with van der Waals surface area (Å²) in [6.07, 6.45) is -3.18. The zero-order valence-electron chi connectivity index (χ0n) is 9.16. The molecule has 0 saturated heterocycles. The lowest BCUT2D eigenvalue weighted by molar-refractivity contribution is -0.141. The fraction of sp³-hybridized carbons (Fsp3) is 0.556. The predicted molar refractivity (Wildman–Crippen MR) is 53.6 cm³/mol. The molecule has 5 nitrogen and oxygen atoms in total. The summed E-state index contributed by atoms with van der Waals surface area (Å²) in [5.41, 5.74) is 8.36. The van der Waals surface area contributed by atoms with E-state index in [1.54, 1.807) is 0 Å². The smallest absolute Gasteiger partial charge is 0.368 e. The molecule has 1 unspecified atom stereocenters. The molecule has 0 spiro atoms. The van der Waals surface area contributed by atoms with Crippen LogP contribution in [0.4, 0.5) is 13.2 Å². The van der Waals surface area contributed by atoms with E-state index >= 15 is 0 Å². The van der Waals surface area contributed by atoms with Crippen molar-refractivity contribution < 1.29 is 18.0 Å². The number of carbonyl (C=O) groups is 1. The Morgan fingerprint density at radius 3 is 2.53 bits per heavy atom. The van der Waals surface area contributed by atoms with Gasteiger partial charge in [-0.25, -0.2) is 0 Å². The minimum atomic E-state index is -4.47. The Balaban J connectivity index is 2.66. The Morgan fingerprint density at radius 2 is 2.12 bits per heavy atom. The topological polar surface area (TPSA) is 86.9 Å². The van der Waals surface area contributed by atoms with Crippen LogP contribution in [0.2, 0.25) is 0 Å². The molecule has 1 atom stereocenters. The summed E-state index contributed by atoms with van der Waals surface area (Å²) in [6, 6.07) is 0.859. The van der Waals surface area contributed by atoms with Gasteiger partial charge in [-0.1, -0.05) is 0 Å². The Kier molecular flexibility index (Phi) is 3.46. The first-order valence-corrected chi connectivity index (χ1v) is 4.82. The second-order valence-corrected chi connectivity index (χ2v) is 3.99. The minimum Gasteiger partial charge on any atom is -0.368 e. The van der Waals surface area contributed by atoms with Crippen LogP contribution in [0.15, 0.2) is 12.3 Å². The number of hydrogen-bond acceptors (Lipinski definition) is 3. The minimum absolute atomic E-state index is 0.0893. The van der Waals surface area contributed by atoms with Gasteiger partial charge in [-0.2, -0.15) is 18.3 Å². The van der Waals surface area contributed by atoms with Gasteiger partial charge in [-0.3, -0.25) is 9.48 Å². The molecule has 0 aliphatic rings. The van der Waals surface area contributed by atoms with Crippen molar-refractivity contribution in [1.82, 2.24) is 9.78 Å². The molecule has 1 rings (SSSR count). The predicted octanol–water partition coefficient (Wildman–Crippen LogP) is 0.495. The van der Waals surface area contributed by atoms with Gasteiger partial charge in [0, 0.05) is 12.7 Å². The van der Waals surface area contributed by atoms with Gasteiger partial charge in [0.15, 0.2) is 5.69 Å². The third-order valence-electron chi connectivity index (χ3n) is 2.35. The normalized spacial score (nSPS) is 15.6. The van der Waals surface area contributed by atoms with E-state index in [0.717, 1.165) is 10.7 Å². The van der Waals surface area contributed by atoms with E-state index in [2.05, 4.69) is 5.10 Å². The Morgan fingerprint density at radius 1 is 1.53 bits per heavy atom. The van der Waals surface area contributed by atoms with Gasteiger partial charge in [-0.05, 0) is 19.4 Å². The molecular formula is C9H13F3N4O. The van der Waals surface area contributed by atoms with Gasteiger partial charge in [0.05, 0.1) is 5.54 Å². The quantitative estimate of drug-likeness (QED) is 0.815. The zero-order chi connectivity index (χ0) is 13.3. The van der Waals surface area contributed by atoms with E-state index in [-0.39, 0.29) is 13.0 Å². The molecular weight excluding hydrogens is 237 g/mol. The Bertz CT molecular complexity index is 411. The van der Waals surface area contributed by atoms with Crippen LogP contribution in [0, 0.1) is 0 Å². The molecule has 0 bridgehead atoms. The molecule has 1 heterocycles. The number of aromatic nitrogens is 2. The van der Waals surface area contributed by atoms with E-state index in [1.807, 2.05) is 0 Å². The molecule has 0 aliphatic heterocycles. The molecule has 1 aromatic heterocycles. The van der Waals surface area contributed by atoms with Crippen LogP contribution in [-0.4, -0.2) is 21.2 Å². The van der Waals surface area contributed by atoms with Crippen LogP contribution in [-0.2, 0) is 17.5 Å². The van der Waals surface area contributed by atoms with Crippen molar-refractivity contribution in [2.45, 2.75) is 31.6 Å². The van der Waals surface area contributed by atoms with Gasteiger partial charge in [0.2, 0.25) is 5.91 Å². The molecule has 17 heavy (non-hydrogen) atoms. The number of carbonyl (C=O) groups excluding carboxylic acids is 1. The largest absolute Gasteiger partial charge is 0.435 e. The molecule has 0 radical (unpaired) electrons. The van der Waals surface area contributed by atoms with Crippen molar-refractivity contribution in [2.24, 2.45) is 11.5 Å². The second-order valence-electron chi connectivity index (χ2n) is 3.99. The molecule has 96 valence electrons. The summed E-state index contributed by atoms with van der Waals surface area (Å²) in [5, 5.41) is 3.33. The fourth-order valence-corrected chi connectivity index (χ4v) is 1.11. The highest BCUT2D eigenvalue weighted by molar-refractivity contribution is 5.83. The van der Waals surface area contributed by atoms with E-state index in [4.69, 9.17) is 11.5 Å². The monoisotopic (exact) mass is 250 g/mol. The number of amides is 1. The summed E-state index contributed by atoms with van der Waals surface area (Å²) >= 11 is 0. The average molecular weight is 250 g/mol. The number of aryl methyl sites for hydroxylation is 1. The van der Waals surface area contributed by atoms with E-state index in [0.29, 0.717) is 0 Å². The van der Waals surface area contributed by atoms with Crippen LogP contribution in [0.1, 0.15) is 19.0 Å². The van der Waals surface area contributed by atoms with Crippen LogP contribution < -0.4 is 11.5 Å². The maximum absolute atomic E-state index is 12.2. The standard InChI is InChI=1S/C9H13F3N4O/c1-8(14,7(13)17)3-5-16-4-2-6(15-16)9(10,11)12/h2,4H,3,5,14H2,1H3,(H2,13,17). The van der Waals surface area contributed by atoms with Crippen molar-refractivity contribution in [3.8, 4) is 0 Å². The Labute approximate surface area is 95.6 Å². The number of nitrogens with zero attached hydrogens (tertiary/aromatic N) is 2. The summed E-state index contributed by atoms with van der Waals surface area (Å²) in [5.74, 6) is -0.708. The maximum Gasteiger partial charge on any atom is 0.435 e. The van der Waals surface area contributed by atoms with Crippen LogP contribution >= 0.6 is 0 Å². The van der Waals surface area contributed by atoms with Crippen molar-refractivity contribution in [1.29, 1.82) is 0 Å². The van der Waals surface area contributed by atoms with Crippen LogP contribution in [0.5, 0.6) is 0 Å². The summed E-state index contributed by atoms with van der Waals surface area (Å²) in [4.78, 5) is 10.9. The van der Waals surface area contributed by atoms with Crippen molar-refractivity contribution >= 4 is 5.91 Å². The first kappa shape index (κ1) is 13.5. The lowest BCUT2D eigenvalue weighted by Gasteiger charge is -2.19. The first-order valence-electron chi connectivity index (χ1n) is 4.82. The molecule has 0 saturated carbocycles. The second kappa shape index (κ2) is 4.36. The molecule has 4 N–H and O–H groups in total. The number of alkyl halides is 3. The molecule has 0 fully saturated rings. The number of nitrogens with two attached hydrogens (primary N) is 2. The van der Waals surface area contributed by atoms with E-state index < -0.39 is 23.3 Å². The SMILES string of the molecule is CC(N)(CCn1ccc(C(F)(F)F)n1)C(N)=O. The lowest BCUT2D eigenvalue weighted by atomic mass is 9.99. The zero-order valence-corrected chi connectivity index (χ0v) is 9.16. The molecule has 1 amide bonds. The van der Waals surface area contributed by atoms with E-state index in [1.165, 1.54) is 13.1 Å². The lowest BCUT2D eigenvalue weighted by Crippen LogP contribution is -2.49. The number of hydrogen-bond donors (Lipinski definition) is 2.